The van der Waals surface area contributed by atoms with Gasteiger partial charge in [-0.15, -0.1) is 0 Å². The molecule has 0 fully saturated rings. The molecule has 0 aliphatic heterocycles. The minimum atomic E-state index is -0.183. The van der Waals surface area contributed by atoms with Crippen LogP contribution >= 0.6 is 0 Å². The van der Waals surface area contributed by atoms with Gasteiger partial charge < -0.3 is 16.0 Å². The highest BCUT2D eigenvalue weighted by atomic mass is 16.1. The Balaban J connectivity index is 2.31. The maximum atomic E-state index is 12.0. The molecule has 2 aromatic rings. The average Bonchev–Trinajstić information content (AvgIpc) is 2.29. The van der Waals surface area contributed by atoms with Gasteiger partial charge in [0.1, 0.15) is 0 Å². The van der Waals surface area contributed by atoms with Crippen LogP contribution in [0.1, 0.15) is 6.92 Å². The van der Waals surface area contributed by atoms with Gasteiger partial charge in [0.05, 0.1) is 10.9 Å². The van der Waals surface area contributed by atoms with Gasteiger partial charge in [0.25, 0.3) is 5.56 Å². The molecule has 1 aromatic heterocycles. The van der Waals surface area contributed by atoms with Crippen molar-refractivity contribution in [3.63, 3.8) is 0 Å². The van der Waals surface area contributed by atoms with Crippen LogP contribution in [0.5, 0.6) is 0 Å². The van der Waals surface area contributed by atoms with Gasteiger partial charge in [-0.25, -0.2) is 4.98 Å². The summed E-state index contributed by atoms with van der Waals surface area (Å²) in [5.41, 5.74) is 6.67. The number of nitrogen functional groups attached to an aromatic ring is 1. The first-order valence-corrected chi connectivity index (χ1v) is 6.16. The van der Waals surface area contributed by atoms with Crippen molar-refractivity contribution in [3.8, 4) is 0 Å². The predicted octanol–water partition coefficient (Wildman–Crippen LogP) is 0.867. The molecule has 0 aliphatic rings. The molecule has 0 radical (unpaired) electrons. The third-order valence-corrected chi connectivity index (χ3v) is 2.75. The van der Waals surface area contributed by atoms with E-state index in [9.17, 15) is 4.79 Å². The summed E-state index contributed by atoms with van der Waals surface area (Å²) in [7, 11) is 4.00. The molecule has 0 spiro atoms. The van der Waals surface area contributed by atoms with Gasteiger partial charge in [0, 0.05) is 18.3 Å². The second kappa shape index (κ2) is 5.27. The molecule has 19 heavy (non-hydrogen) atoms. The molecule has 0 aliphatic carbocycles. The molecule has 6 heteroatoms. The molecule has 1 aromatic carbocycles. The zero-order chi connectivity index (χ0) is 14.0. The Morgan fingerprint density at radius 1 is 1.47 bits per heavy atom. The maximum absolute atomic E-state index is 12.0. The summed E-state index contributed by atoms with van der Waals surface area (Å²) in [6.07, 6.45) is 0. The molecule has 6 nitrogen and oxygen atoms in total. The Kier molecular flexibility index (Phi) is 3.71. The van der Waals surface area contributed by atoms with Crippen LogP contribution in [-0.2, 0) is 0 Å². The fourth-order valence-electron chi connectivity index (χ4n) is 2.05. The van der Waals surface area contributed by atoms with Crippen molar-refractivity contribution in [3.05, 3.63) is 28.6 Å². The zero-order valence-corrected chi connectivity index (χ0v) is 11.4. The van der Waals surface area contributed by atoms with E-state index in [-0.39, 0.29) is 11.6 Å². The van der Waals surface area contributed by atoms with Crippen molar-refractivity contribution in [2.24, 2.45) is 0 Å². The Morgan fingerprint density at radius 2 is 2.21 bits per heavy atom. The molecule has 1 unspecified atom stereocenters. The van der Waals surface area contributed by atoms with Crippen molar-refractivity contribution in [1.82, 2.24) is 14.9 Å². The minimum absolute atomic E-state index is 0.183. The third kappa shape index (κ3) is 3.23. The molecule has 1 heterocycles. The molecule has 4 N–H and O–H groups in total. The van der Waals surface area contributed by atoms with E-state index in [1.54, 1.807) is 18.2 Å². The van der Waals surface area contributed by atoms with Gasteiger partial charge in [0.2, 0.25) is 5.95 Å². The molecule has 2 rings (SSSR count). The lowest BCUT2D eigenvalue weighted by Crippen LogP contribution is -2.31. The van der Waals surface area contributed by atoms with E-state index in [4.69, 9.17) is 5.73 Å². The molecule has 1 atom stereocenters. The Morgan fingerprint density at radius 3 is 2.89 bits per heavy atom. The van der Waals surface area contributed by atoms with Crippen LogP contribution in [0.15, 0.2) is 23.0 Å². The van der Waals surface area contributed by atoms with E-state index in [2.05, 4.69) is 20.2 Å². The fraction of sp³-hybridized carbons (Fsp3) is 0.385. The molecular weight excluding hydrogens is 242 g/mol. The number of likely N-dealkylation sites (N-methyl/N-ethyl adjacent to an activating group) is 1. The largest absolute Gasteiger partial charge is 0.399 e. The van der Waals surface area contributed by atoms with E-state index in [1.165, 1.54) is 0 Å². The summed E-state index contributed by atoms with van der Waals surface area (Å²) in [6, 6.07) is 5.31. The first-order valence-electron chi connectivity index (χ1n) is 6.16. The smallest absolute Gasteiger partial charge is 0.260 e. The first kappa shape index (κ1) is 13.4. The first-order chi connectivity index (χ1) is 8.95. The topological polar surface area (TPSA) is 87.0 Å². The Labute approximate surface area is 111 Å². The van der Waals surface area contributed by atoms with Crippen LogP contribution < -0.4 is 16.6 Å². The van der Waals surface area contributed by atoms with Gasteiger partial charge in [-0.05, 0) is 39.2 Å². The zero-order valence-electron chi connectivity index (χ0n) is 11.4. The van der Waals surface area contributed by atoms with Gasteiger partial charge in [-0.2, -0.15) is 0 Å². The minimum Gasteiger partial charge on any atom is -0.399 e. The number of nitrogens with zero attached hydrogens (tertiary/aromatic N) is 2. The monoisotopic (exact) mass is 261 g/mol. The van der Waals surface area contributed by atoms with Crippen molar-refractivity contribution in [2.45, 2.75) is 13.0 Å². The SMILES string of the molecule is CC(CN(C)C)Nc1nc2ccc(N)cc2c(=O)[nH]1. The number of hydrogen-bond donors (Lipinski definition) is 3. The quantitative estimate of drug-likeness (QED) is 0.711. The number of benzene rings is 1. The highest BCUT2D eigenvalue weighted by molar-refractivity contribution is 5.81. The van der Waals surface area contributed by atoms with Crippen LogP contribution in [0.3, 0.4) is 0 Å². The van der Waals surface area contributed by atoms with Crippen LogP contribution in [-0.4, -0.2) is 41.5 Å². The van der Waals surface area contributed by atoms with Crippen LogP contribution in [0.4, 0.5) is 11.6 Å². The maximum Gasteiger partial charge on any atom is 0.260 e. The van der Waals surface area contributed by atoms with E-state index >= 15 is 0 Å². The predicted molar refractivity (Wildman–Crippen MR) is 78.4 cm³/mol. The number of nitrogens with two attached hydrogens (primary N) is 1. The molecular formula is C13H19N5O. The van der Waals surface area contributed by atoms with E-state index in [1.807, 2.05) is 21.0 Å². The Bertz CT molecular complexity index is 634. The number of H-pyrrole nitrogens is 1. The average molecular weight is 261 g/mol. The van der Waals surface area contributed by atoms with Gasteiger partial charge in [0.15, 0.2) is 0 Å². The number of aromatic nitrogens is 2. The van der Waals surface area contributed by atoms with Crippen LogP contribution in [0.25, 0.3) is 10.9 Å². The lowest BCUT2D eigenvalue weighted by molar-refractivity contribution is 0.391. The number of rotatable bonds is 4. The number of hydrogen-bond acceptors (Lipinski definition) is 5. The molecule has 0 amide bonds. The number of anilines is 2. The molecule has 0 saturated heterocycles. The summed E-state index contributed by atoms with van der Waals surface area (Å²) >= 11 is 0. The third-order valence-electron chi connectivity index (χ3n) is 2.75. The molecule has 102 valence electrons. The summed E-state index contributed by atoms with van der Waals surface area (Å²) in [5.74, 6) is 0.483. The van der Waals surface area contributed by atoms with Crippen molar-refractivity contribution in [2.75, 3.05) is 31.7 Å². The fourth-order valence-corrected chi connectivity index (χ4v) is 2.05. The lowest BCUT2D eigenvalue weighted by Gasteiger charge is -2.18. The summed E-state index contributed by atoms with van der Waals surface area (Å²) in [5, 5.41) is 3.69. The summed E-state index contributed by atoms with van der Waals surface area (Å²) < 4.78 is 0. The Hall–Kier alpha value is -2.08. The van der Waals surface area contributed by atoms with Crippen molar-refractivity contribution >= 4 is 22.5 Å². The summed E-state index contributed by atoms with van der Waals surface area (Å²) in [6.45, 7) is 2.89. The second-order valence-corrected chi connectivity index (χ2v) is 5.00. The van der Waals surface area contributed by atoms with Gasteiger partial charge >= 0.3 is 0 Å². The highest BCUT2D eigenvalue weighted by Crippen LogP contribution is 2.13. The highest BCUT2D eigenvalue weighted by Gasteiger charge is 2.07. The number of nitrogens with one attached hydrogen (secondary N) is 2. The number of fused-ring (bicyclic) bond motifs is 1. The second-order valence-electron chi connectivity index (χ2n) is 5.00. The van der Waals surface area contributed by atoms with Crippen molar-refractivity contribution in [1.29, 1.82) is 0 Å². The van der Waals surface area contributed by atoms with E-state index in [0.717, 1.165) is 6.54 Å². The number of aromatic amines is 1. The van der Waals surface area contributed by atoms with Gasteiger partial charge in [-0.3, -0.25) is 9.78 Å². The molecule has 0 bridgehead atoms. The van der Waals surface area contributed by atoms with E-state index in [0.29, 0.717) is 22.5 Å². The van der Waals surface area contributed by atoms with Crippen molar-refractivity contribution < 1.29 is 0 Å². The lowest BCUT2D eigenvalue weighted by atomic mass is 10.2. The van der Waals surface area contributed by atoms with Gasteiger partial charge in [-0.1, -0.05) is 0 Å². The molecule has 0 saturated carbocycles. The van der Waals surface area contributed by atoms with E-state index < -0.39 is 0 Å². The normalized spacial score (nSPS) is 12.8. The standard InChI is InChI=1S/C13H19N5O/c1-8(7-18(2)3)15-13-16-11-5-4-9(14)6-10(11)12(19)17-13/h4-6,8H,7,14H2,1-3H3,(H2,15,16,17,19). The van der Waals surface area contributed by atoms with Crippen LogP contribution in [0, 0.1) is 0 Å². The van der Waals surface area contributed by atoms with Crippen LogP contribution in [0.2, 0.25) is 0 Å². The summed E-state index contributed by atoms with van der Waals surface area (Å²) in [4.78, 5) is 21.1.